The molecule has 0 aromatic carbocycles. The van der Waals surface area contributed by atoms with Crippen molar-refractivity contribution >= 4 is 11.3 Å². The van der Waals surface area contributed by atoms with Gasteiger partial charge in [0.1, 0.15) is 0 Å². The zero-order valence-electron chi connectivity index (χ0n) is 10.00. The predicted octanol–water partition coefficient (Wildman–Crippen LogP) is 1.86. The second kappa shape index (κ2) is 6.69. The Labute approximate surface area is 112 Å². The number of nitrogens with zero attached hydrogens (tertiary/aromatic N) is 3. The van der Waals surface area contributed by atoms with Crippen molar-refractivity contribution in [1.29, 1.82) is 0 Å². The van der Waals surface area contributed by atoms with Crippen molar-refractivity contribution < 1.29 is 18.4 Å². The van der Waals surface area contributed by atoms with Crippen molar-refractivity contribution in [3.63, 3.8) is 0 Å². The fourth-order valence-electron chi connectivity index (χ4n) is 1.59. The van der Waals surface area contributed by atoms with Crippen LogP contribution < -0.4 is 0 Å². The normalized spacial score (nSPS) is 11.6. The van der Waals surface area contributed by atoms with Gasteiger partial charge in [-0.2, -0.15) is 4.98 Å². The summed E-state index contributed by atoms with van der Waals surface area (Å²) in [6.45, 7) is -0.348. The third-order valence-electron chi connectivity index (χ3n) is 2.38. The zero-order chi connectivity index (χ0) is 13.7. The van der Waals surface area contributed by atoms with Crippen LogP contribution in [-0.2, 0) is 6.54 Å². The summed E-state index contributed by atoms with van der Waals surface area (Å²) in [5.41, 5.74) is 0. The number of alkyl halides is 2. The van der Waals surface area contributed by atoms with Crippen molar-refractivity contribution in [2.24, 2.45) is 0 Å². The fourth-order valence-corrected chi connectivity index (χ4v) is 2.23. The van der Waals surface area contributed by atoms with Crippen molar-refractivity contribution in [3.05, 3.63) is 23.3 Å². The minimum Gasteiger partial charge on any atom is -0.395 e. The van der Waals surface area contributed by atoms with Crippen LogP contribution in [0.2, 0.25) is 0 Å². The van der Waals surface area contributed by atoms with E-state index < -0.39 is 13.0 Å². The van der Waals surface area contributed by atoms with E-state index in [4.69, 9.17) is 9.63 Å². The van der Waals surface area contributed by atoms with Gasteiger partial charge < -0.3 is 9.63 Å². The van der Waals surface area contributed by atoms with Crippen molar-refractivity contribution in [2.45, 2.75) is 13.0 Å². The summed E-state index contributed by atoms with van der Waals surface area (Å²) in [6, 6.07) is 3.70. The first-order valence-corrected chi connectivity index (χ1v) is 6.55. The minimum absolute atomic E-state index is 0.125. The molecule has 0 atom stereocenters. The zero-order valence-corrected chi connectivity index (χ0v) is 10.8. The van der Waals surface area contributed by atoms with Crippen LogP contribution in [0.5, 0.6) is 0 Å². The molecular weight excluding hydrogens is 276 g/mol. The van der Waals surface area contributed by atoms with Gasteiger partial charge in [-0.1, -0.05) is 11.2 Å². The lowest BCUT2D eigenvalue weighted by molar-refractivity contribution is 0.0729. The van der Waals surface area contributed by atoms with Crippen LogP contribution in [0, 0.1) is 0 Å². The van der Waals surface area contributed by atoms with Crippen LogP contribution in [0.1, 0.15) is 5.82 Å². The van der Waals surface area contributed by atoms with Gasteiger partial charge in [0.05, 0.1) is 24.6 Å². The van der Waals surface area contributed by atoms with E-state index in [1.807, 2.05) is 17.5 Å². The molecule has 8 heteroatoms. The standard InChI is InChI=1S/C11H13F2N3O2S/c12-9(13)6-16(3-4-17)7-10-14-11(18-15-10)8-2-1-5-19-8/h1-2,5,9,17H,3-4,6-7H2. The molecule has 0 unspecified atom stereocenters. The number of hydrogen-bond donors (Lipinski definition) is 1. The number of aliphatic hydroxyl groups excluding tert-OH is 1. The number of rotatable bonds is 7. The van der Waals surface area contributed by atoms with Crippen LogP contribution in [0.3, 0.4) is 0 Å². The lowest BCUT2D eigenvalue weighted by atomic mass is 10.4. The quantitative estimate of drug-likeness (QED) is 0.843. The highest BCUT2D eigenvalue weighted by atomic mass is 32.1. The van der Waals surface area contributed by atoms with Crippen LogP contribution in [0.15, 0.2) is 22.0 Å². The second-order valence-electron chi connectivity index (χ2n) is 3.84. The highest BCUT2D eigenvalue weighted by Gasteiger charge is 2.16. The van der Waals surface area contributed by atoms with E-state index in [1.165, 1.54) is 16.2 Å². The summed E-state index contributed by atoms with van der Waals surface area (Å²) in [5.74, 6) is 0.712. The first kappa shape index (κ1) is 14.0. The molecule has 0 radical (unpaired) electrons. The van der Waals surface area contributed by atoms with Gasteiger partial charge in [0.15, 0.2) is 5.82 Å². The predicted molar refractivity (Wildman–Crippen MR) is 66.0 cm³/mol. The lowest BCUT2D eigenvalue weighted by Gasteiger charge is -2.18. The molecule has 0 spiro atoms. The van der Waals surface area contributed by atoms with E-state index in [0.29, 0.717) is 11.7 Å². The third kappa shape index (κ3) is 4.05. The Kier molecular flexibility index (Phi) is 4.94. The molecule has 0 bridgehead atoms. The molecular formula is C11H13F2N3O2S. The Morgan fingerprint density at radius 2 is 2.32 bits per heavy atom. The molecule has 0 saturated carbocycles. The first-order chi connectivity index (χ1) is 9.19. The summed E-state index contributed by atoms with van der Waals surface area (Å²) in [7, 11) is 0. The molecule has 0 aliphatic rings. The summed E-state index contributed by atoms with van der Waals surface area (Å²) in [4.78, 5) is 6.36. The highest BCUT2D eigenvalue weighted by molar-refractivity contribution is 7.13. The van der Waals surface area contributed by atoms with E-state index in [9.17, 15) is 8.78 Å². The van der Waals surface area contributed by atoms with Gasteiger partial charge in [0, 0.05) is 6.54 Å². The molecule has 0 fully saturated rings. The van der Waals surface area contributed by atoms with E-state index in [1.54, 1.807) is 0 Å². The molecule has 2 rings (SSSR count). The molecule has 19 heavy (non-hydrogen) atoms. The summed E-state index contributed by atoms with van der Waals surface area (Å²) >= 11 is 1.46. The van der Waals surface area contributed by atoms with E-state index in [2.05, 4.69) is 10.1 Å². The fraction of sp³-hybridized carbons (Fsp3) is 0.455. The molecule has 0 aliphatic heterocycles. The van der Waals surface area contributed by atoms with Crippen molar-refractivity contribution in [1.82, 2.24) is 15.0 Å². The summed E-state index contributed by atoms with van der Waals surface area (Å²) in [6.07, 6.45) is -2.46. The van der Waals surface area contributed by atoms with E-state index in [0.717, 1.165) is 4.88 Å². The van der Waals surface area contributed by atoms with Crippen molar-refractivity contribution in [2.75, 3.05) is 19.7 Å². The molecule has 104 valence electrons. The third-order valence-corrected chi connectivity index (χ3v) is 3.24. The Morgan fingerprint density at radius 1 is 1.47 bits per heavy atom. The summed E-state index contributed by atoms with van der Waals surface area (Å²) < 4.78 is 29.8. The maximum Gasteiger partial charge on any atom is 0.268 e. The van der Waals surface area contributed by atoms with Crippen LogP contribution >= 0.6 is 11.3 Å². The average Bonchev–Trinajstić information content (AvgIpc) is 2.97. The number of hydrogen-bond acceptors (Lipinski definition) is 6. The van der Waals surface area contributed by atoms with Gasteiger partial charge in [-0.25, -0.2) is 8.78 Å². The molecule has 5 nitrogen and oxygen atoms in total. The molecule has 2 heterocycles. The summed E-state index contributed by atoms with van der Waals surface area (Å²) in [5, 5.41) is 14.5. The monoisotopic (exact) mass is 289 g/mol. The SMILES string of the molecule is OCCN(Cc1noc(-c2cccs2)n1)CC(F)F. The maximum absolute atomic E-state index is 12.4. The second-order valence-corrected chi connectivity index (χ2v) is 4.79. The number of aliphatic hydroxyl groups is 1. The largest absolute Gasteiger partial charge is 0.395 e. The average molecular weight is 289 g/mol. The van der Waals surface area contributed by atoms with E-state index in [-0.39, 0.29) is 19.7 Å². The number of halogens is 2. The molecule has 1 N–H and O–H groups in total. The van der Waals surface area contributed by atoms with Gasteiger partial charge >= 0.3 is 0 Å². The van der Waals surface area contributed by atoms with Gasteiger partial charge in [0.25, 0.3) is 12.3 Å². The Morgan fingerprint density at radius 3 is 2.95 bits per heavy atom. The Bertz CT molecular complexity index is 490. The Balaban J connectivity index is 2.01. The Hall–Kier alpha value is -1.38. The smallest absolute Gasteiger partial charge is 0.268 e. The van der Waals surface area contributed by atoms with Gasteiger partial charge in [0.2, 0.25) is 0 Å². The molecule has 0 saturated heterocycles. The lowest BCUT2D eigenvalue weighted by Crippen LogP contribution is -2.31. The first-order valence-electron chi connectivity index (χ1n) is 5.67. The molecule has 2 aromatic heterocycles. The van der Waals surface area contributed by atoms with Gasteiger partial charge in [-0.15, -0.1) is 11.3 Å². The highest BCUT2D eigenvalue weighted by Crippen LogP contribution is 2.22. The van der Waals surface area contributed by atoms with Gasteiger partial charge in [-0.05, 0) is 11.4 Å². The molecule has 0 aliphatic carbocycles. The van der Waals surface area contributed by atoms with Crippen molar-refractivity contribution in [3.8, 4) is 10.8 Å². The number of aromatic nitrogens is 2. The minimum atomic E-state index is -2.46. The van der Waals surface area contributed by atoms with Crippen LogP contribution in [0.4, 0.5) is 8.78 Å². The number of thiophene rings is 1. The van der Waals surface area contributed by atoms with Gasteiger partial charge in [-0.3, -0.25) is 4.90 Å². The maximum atomic E-state index is 12.4. The molecule has 2 aromatic rings. The molecule has 0 amide bonds. The topological polar surface area (TPSA) is 62.4 Å². The van der Waals surface area contributed by atoms with Crippen LogP contribution in [0.25, 0.3) is 10.8 Å². The van der Waals surface area contributed by atoms with Crippen LogP contribution in [-0.4, -0.2) is 46.3 Å². The van der Waals surface area contributed by atoms with E-state index >= 15 is 0 Å².